The molecule has 0 spiro atoms. The third kappa shape index (κ3) is 6.99. The molecular formula is C22H34FIN4O2. The SMILES string of the molecule is CN=C(NCC(C)Oc1ccccc1F)NC1CCN(C(=O)C2CCCCC2)C1.I. The average molecular weight is 532 g/mol. The van der Waals surface area contributed by atoms with Crippen molar-refractivity contribution in [3.63, 3.8) is 0 Å². The first kappa shape index (κ1) is 24.7. The average Bonchev–Trinajstić information content (AvgIpc) is 3.21. The predicted octanol–water partition coefficient (Wildman–Crippen LogP) is 3.56. The minimum absolute atomic E-state index is 0. The van der Waals surface area contributed by atoms with E-state index in [1.54, 1.807) is 25.2 Å². The molecular weight excluding hydrogens is 498 g/mol. The highest BCUT2D eigenvalue weighted by Crippen LogP contribution is 2.26. The molecule has 1 aromatic rings. The number of halogens is 2. The van der Waals surface area contributed by atoms with E-state index >= 15 is 0 Å². The molecule has 30 heavy (non-hydrogen) atoms. The largest absolute Gasteiger partial charge is 0.486 e. The number of para-hydroxylation sites is 1. The van der Waals surface area contributed by atoms with Gasteiger partial charge in [0.15, 0.2) is 17.5 Å². The van der Waals surface area contributed by atoms with Crippen molar-refractivity contribution in [3.05, 3.63) is 30.1 Å². The van der Waals surface area contributed by atoms with Crippen LogP contribution in [0.2, 0.25) is 0 Å². The molecule has 2 unspecified atom stereocenters. The number of ether oxygens (including phenoxy) is 1. The van der Waals surface area contributed by atoms with Gasteiger partial charge in [-0.3, -0.25) is 9.79 Å². The van der Waals surface area contributed by atoms with Crippen LogP contribution in [0.4, 0.5) is 4.39 Å². The summed E-state index contributed by atoms with van der Waals surface area (Å²) < 4.78 is 19.4. The van der Waals surface area contributed by atoms with Crippen molar-refractivity contribution < 1.29 is 13.9 Å². The van der Waals surface area contributed by atoms with E-state index < -0.39 is 0 Å². The van der Waals surface area contributed by atoms with Crippen molar-refractivity contribution in [2.45, 2.75) is 57.6 Å². The van der Waals surface area contributed by atoms with Gasteiger partial charge in [0.25, 0.3) is 0 Å². The lowest BCUT2D eigenvalue weighted by atomic mass is 9.88. The Balaban J connectivity index is 0.00000320. The second kappa shape index (κ2) is 12.3. The number of hydrogen-bond acceptors (Lipinski definition) is 3. The Kier molecular flexibility index (Phi) is 10.1. The van der Waals surface area contributed by atoms with Crippen LogP contribution < -0.4 is 15.4 Å². The molecule has 3 rings (SSSR count). The number of aliphatic imine (C=N–C) groups is 1. The first-order valence-electron chi connectivity index (χ1n) is 10.7. The molecule has 2 aliphatic rings. The van der Waals surface area contributed by atoms with Crippen LogP contribution in [0.25, 0.3) is 0 Å². The van der Waals surface area contributed by atoms with Crippen molar-refractivity contribution in [2.75, 3.05) is 26.7 Å². The Bertz CT molecular complexity index is 712. The number of carbonyl (C=O) groups excluding carboxylic acids is 1. The predicted molar refractivity (Wildman–Crippen MR) is 128 cm³/mol. The molecule has 1 amide bonds. The molecule has 8 heteroatoms. The van der Waals surface area contributed by atoms with Gasteiger partial charge in [0.2, 0.25) is 5.91 Å². The van der Waals surface area contributed by atoms with Gasteiger partial charge in [0.05, 0.1) is 6.54 Å². The van der Waals surface area contributed by atoms with Crippen LogP contribution in [0.5, 0.6) is 5.75 Å². The summed E-state index contributed by atoms with van der Waals surface area (Å²) in [5, 5.41) is 6.63. The minimum Gasteiger partial charge on any atom is -0.486 e. The monoisotopic (exact) mass is 532 g/mol. The zero-order valence-corrected chi connectivity index (χ0v) is 20.2. The van der Waals surface area contributed by atoms with Crippen LogP contribution in [0.15, 0.2) is 29.3 Å². The van der Waals surface area contributed by atoms with E-state index in [9.17, 15) is 9.18 Å². The summed E-state index contributed by atoms with van der Waals surface area (Å²) in [6.45, 7) is 3.90. The summed E-state index contributed by atoms with van der Waals surface area (Å²) >= 11 is 0. The summed E-state index contributed by atoms with van der Waals surface area (Å²) in [7, 11) is 1.72. The Hall–Kier alpha value is -1.58. The summed E-state index contributed by atoms with van der Waals surface area (Å²) in [5.74, 6) is 1.10. The fraction of sp³-hybridized carbons (Fsp3) is 0.636. The molecule has 0 aromatic heterocycles. The molecule has 6 nitrogen and oxygen atoms in total. The lowest BCUT2D eigenvalue weighted by Gasteiger charge is -2.26. The lowest BCUT2D eigenvalue weighted by molar-refractivity contribution is -0.135. The highest BCUT2D eigenvalue weighted by atomic mass is 127. The first-order chi connectivity index (χ1) is 14.1. The van der Waals surface area contributed by atoms with E-state index in [0.29, 0.717) is 18.4 Å². The van der Waals surface area contributed by atoms with Crippen LogP contribution in [-0.2, 0) is 4.79 Å². The smallest absolute Gasteiger partial charge is 0.225 e. The maximum atomic E-state index is 13.7. The topological polar surface area (TPSA) is 66.0 Å². The van der Waals surface area contributed by atoms with E-state index in [-0.39, 0.29) is 53.6 Å². The highest BCUT2D eigenvalue weighted by Gasteiger charge is 2.31. The zero-order chi connectivity index (χ0) is 20.6. The molecule has 1 aliphatic heterocycles. The Morgan fingerprint density at radius 2 is 2.00 bits per heavy atom. The van der Waals surface area contributed by atoms with Gasteiger partial charge >= 0.3 is 0 Å². The van der Waals surface area contributed by atoms with E-state index in [2.05, 4.69) is 15.6 Å². The molecule has 2 atom stereocenters. The standard InChI is InChI=1S/C22H33FN4O2.HI/c1-16(29-20-11-7-6-10-19(20)23)14-25-22(24-2)26-18-12-13-27(15-18)21(28)17-8-4-3-5-9-17;/h6-7,10-11,16-18H,3-5,8-9,12-15H2,1-2H3,(H2,24,25,26);1H. The fourth-order valence-corrected chi connectivity index (χ4v) is 4.11. The molecule has 1 saturated heterocycles. The Labute approximate surface area is 196 Å². The molecule has 2 N–H and O–H groups in total. The van der Waals surface area contributed by atoms with E-state index in [0.717, 1.165) is 32.4 Å². The van der Waals surface area contributed by atoms with Crippen molar-refractivity contribution in [1.29, 1.82) is 0 Å². The Morgan fingerprint density at radius 1 is 1.27 bits per heavy atom. The number of guanidine groups is 1. The van der Waals surface area contributed by atoms with Gasteiger partial charge in [-0.05, 0) is 38.3 Å². The third-order valence-corrected chi connectivity index (χ3v) is 5.74. The number of benzene rings is 1. The van der Waals surface area contributed by atoms with Crippen LogP contribution in [-0.4, -0.2) is 55.6 Å². The minimum atomic E-state index is -0.365. The maximum absolute atomic E-state index is 13.7. The molecule has 0 bridgehead atoms. The maximum Gasteiger partial charge on any atom is 0.225 e. The molecule has 2 fully saturated rings. The molecule has 1 saturated carbocycles. The van der Waals surface area contributed by atoms with Gasteiger partial charge in [-0.1, -0.05) is 31.4 Å². The number of carbonyl (C=O) groups is 1. The van der Waals surface area contributed by atoms with Crippen molar-refractivity contribution >= 4 is 35.8 Å². The number of likely N-dealkylation sites (tertiary alicyclic amines) is 1. The van der Waals surface area contributed by atoms with Gasteiger partial charge in [-0.25, -0.2) is 4.39 Å². The van der Waals surface area contributed by atoms with Gasteiger partial charge in [-0.15, -0.1) is 24.0 Å². The summed E-state index contributed by atoms with van der Waals surface area (Å²) in [6.07, 6.45) is 6.38. The zero-order valence-electron chi connectivity index (χ0n) is 17.9. The normalized spacial score (nSPS) is 21.0. The molecule has 168 valence electrons. The molecule has 1 heterocycles. The van der Waals surface area contributed by atoms with E-state index in [1.165, 1.54) is 25.3 Å². The van der Waals surface area contributed by atoms with Crippen LogP contribution >= 0.6 is 24.0 Å². The van der Waals surface area contributed by atoms with Crippen molar-refractivity contribution in [3.8, 4) is 5.75 Å². The quantitative estimate of drug-likeness (QED) is 0.334. The molecule has 1 aliphatic carbocycles. The lowest BCUT2D eigenvalue weighted by Crippen LogP contribution is -2.47. The van der Waals surface area contributed by atoms with Crippen molar-refractivity contribution in [1.82, 2.24) is 15.5 Å². The Morgan fingerprint density at radius 3 is 2.70 bits per heavy atom. The number of amides is 1. The molecule has 0 radical (unpaired) electrons. The van der Waals surface area contributed by atoms with Gasteiger partial charge < -0.3 is 20.3 Å². The first-order valence-corrected chi connectivity index (χ1v) is 10.7. The molecule has 1 aromatic carbocycles. The summed E-state index contributed by atoms with van der Waals surface area (Å²) in [4.78, 5) is 19.0. The van der Waals surface area contributed by atoms with Crippen LogP contribution in [0.3, 0.4) is 0 Å². The van der Waals surface area contributed by atoms with E-state index in [1.807, 2.05) is 11.8 Å². The summed E-state index contributed by atoms with van der Waals surface area (Å²) in [6, 6.07) is 6.59. The van der Waals surface area contributed by atoms with Gasteiger partial charge in [-0.2, -0.15) is 0 Å². The highest BCUT2D eigenvalue weighted by molar-refractivity contribution is 14.0. The fourth-order valence-electron chi connectivity index (χ4n) is 4.11. The van der Waals surface area contributed by atoms with Gasteiger partial charge in [0, 0.05) is 32.1 Å². The third-order valence-electron chi connectivity index (χ3n) is 5.74. The number of rotatable bonds is 6. The van der Waals surface area contributed by atoms with E-state index in [4.69, 9.17) is 4.74 Å². The number of nitrogens with zero attached hydrogens (tertiary/aromatic N) is 2. The summed E-state index contributed by atoms with van der Waals surface area (Å²) in [5.41, 5.74) is 0. The second-order valence-corrected chi connectivity index (χ2v) is 8.06. The number of nitrogens with one attached hydrogen (secondary N) is 2. The van der Waals surface area contributed by atoms with Crippen LogP contribution in [0.1, 0.15) is 45.4 Å². The van der Waals surface area contributed by atoms with Gasteiger partial charge in [0.1, 0.15) is 6.10 Å². The van der Waals surface area contributed by atoms with Crippen molar-refractivity contribution in [2.24, 2.45) is 10.9 Å². The number of hydrogen-bond donors (Lipinski definition) is 2. The second-order valence-electron chi connectivity index (χ2n) is 8.06. The van der Waals surface area contributed by atoms with Crippen LogP contribution in [0, 0.1) is 11.7 Å².